The average molecular weight is 312 g/mol. The Bertz CT molecular complexity index is 515. The molecule has 116 valence electrons. The zero-order valence-corrected chi connectivity index (χ0v) is 12.9. The average Bonchev–Trinajstić information content (AvgIpc) is 3.05. The fraction of sp³-hybridized carbons (Fsp3) is 0.571. The number of carbonyl (C=O) groups is 2. The number of hydrogen-bond donors (Lipinski definition) is 3. The van der Waals surface area contributed by atoms with Crippen LogP contribution >= 0.6 is 11.3 Å². The van der Waals surface area contributed by atoms with E-state index in [1.165, 1.54) is 4.90 Å². The molecule has 2 unspecified atom stereocenters. The number of nitrogens with zero attached hydrogens (tertiary/aromatic N) is 1. The van der Waals surface area contributed by atoms with E-state index >= 15 is 0 Å². The van der Waals surface area contributed by atoms with Crippen LogP contribution in [0.2, 0.25) is 0 Å². The molecule has 0 saturated carbocycles. The van der Waals surface area contributed by atoms with Gasteiger partial charge in [0.15, 0.2) is 0 Å². The van der Waals surface area contributed by atoms with Gasteiger partial charge in [-0.3, -0.25) is 0 Å². The van der Waals surface area contributed by atoms with Crippen LogP contribution in [-0.4, -0.2) is 52.3 Å². The van der Waals surface area contributed by atoms with Gasteiger partial charge in [0.25, 0.3) is 0 Å². The first kappa shape index (κ1) is 15.8. The maximum Gasteiger partial charge on any atom is 0.326 e. The first-order valence-electron chi connectivity index (χ1n) is 6.80. The molecule has 0 radical (unpaired) electrons. The molecule has 1 aromatic heterocycles. The van der Waals surface area contributed by atoms with Crippen molar-refractivity contribution in [2.24, 2.45) is 0 Å². The molecule has 1 aromatic rings. The molecule has 2 rings (SSSR count). The Kier molecular flexibility index (Phi) is 4.53. The van der Waals surface area contributed by atoms with Crippen LogP contribution in [0, 0.1) is 0 Å². The smallest absolute Gasteiger partial charge is 0.326 e. The monoisotopic (exact) mass is 312 g/mol. The van der Waals surface area contributed by atoms with E-state index in [1.807, 2.05) is 31.4 Å². The second-order valence-electron chi connectivity index (χ2n) is 5.92. The van der Waals surface area contributed by atoms with Crippen molar-refractivity contribution in [3.8, 4) is 0 Å². The number of carboxylic acid groups (broad SMARTS) is 1. The summed E-state index contributed by atoms with van der Waals surface area (Å²) in [6.45, 7) is 4.51. The molecule has 3 N–H and O–H groups in total. The molecule has 0 aliphatic carbocycles. The highest BCUT2D eigenvalue weighted by Crippen LogP contribution is 2.27. The number of thiophene rings is 1. The van der Waals surface area contributed by atoms with Crippen molar-refractivity contribution in [2.45, 2.75) is 37.8 Å². The third-order valence-corrected chi connectivity index (χ3v) is 4.93. The predicted octanol–water partition coefficient (Wildman–Crippen LogP) is 1.26. The molecule has 2 atom stereocenters. The van der Waals surface area contributed by atoms with E-state index in [-0.39, 0.29) is 18.4 Å². The Labute approximate surface area is 127 Å². The lowest BCUT2D eigenvalue weighted by Crippen LogP contribution is -2.48. The van der Waals surface area contributed by atoms with Gasteiger partial charge in [-0.25, -0.2) is 9.59 Å². The SMILES string of the molecule is CC(C)(CNC(=O)N1CC(O)CC1C(=O)O)c1cccs1. The molecule has 7 heteroatoms. The summed E-state index contributed by atoms with van der Waals surface area (Å²) >= 11 is 1.62. The largest absolute Gasteiger partial charge is 0.480 e. The van der Waals surface area contributed by atoms with Crippen molar-refractivity contribution >= 4 is 23.3 Å². The molecule has 21 heavy (non-hydrogen) atoms. The second kappa shape index (κ2) is 6.03. The lowest BCUT2D eigenvalue weighted by Gasteiger charge is -2.27. The number of likely N-dealkylation sites (tertiary alicyclic amines) is 1. The van der Waals surface area contributed by atoms with Gasteiger partial charge < -0.3 is 20.4 Å². The quantitative estimate of drug-likeness (QED) is 0.780. The van der Waals surface area contributed by atoms with Gasteiger partial charge in [0, 0.05) is 29.8 Å². The van der Waals surface area contributed by atoms with E-state index in [0.29, 0.717) is 6.54 Å². The Morgan fingerprint density at radius 2 is 2.24 bits per heavy atom. The Morgan fingerprint density at radius 3 is 2.81 bits per heavy atom. The van der Waals surface area contributed by atoms with Crippen molar-refractivity contribution in [1.82, 2.24) is 10.2 Å². The minimum absolute atomic E-state index is 0.0578. The van der Waals surface area contributed by atoms with Crippen LogP contribution in [0.4, 0.5) is 4.79 Å². The Hall–Kier alpha value is -1.60. The molecule has 0 bridgehead atoms. The van der Waals surface area contributed by atoms with Gasteiger partial charge in [0.1, 0.15) is 6.04 Å². The predicted molar refractivity (Wildman–Crippen MR) is 79.5 cm³/mol. The summed E-state index contributed by atoms with van der Waals surface area (Å²) in [4.78, 5) is 25.6. The van der Waals surface area contributed by atoms with Gasteiger partial charge in [-0.1, -0.05) is 19.9 Å². The van der Waals surface area contributed by atoms with Crippen LogP contribution in [0.1, 0.15) is 25.1 Å². The van der Waals surface area contributed by atoms with E-state index in [0.717, 1.165) is 4.88 Å². The van der Waals surface area contributed by atoms with Gasteiger partial charge in [0.2, 0.25) is 0 Å². The first-order chi connectivity index (χ1) is 9.81. The van der Waals surface area contributed by atoms with Crippen LogP contribution < -0.4 is 5.32 Å². The van der Waals surface area contributed by atoms with Crippen LogP contribution in [0.3, 0.4) is 0 Å². The third-order valence-electron chi connectivity index (χ3n) is 3.69. The molecule has 0 aromatic carbocycles. The number of urea groups is 1. The number of β-amino-alcohol motifs (C(OH)–C–C–N with tert-alkyl or cyclic N) is 1. The molecule has 0 spiro atoms. The van der Waals surface area contributed by atoms with Crippen LogP contribution in [0.15, 0.2) is 17.5 Å². The number of nitrogens with one attached hydrogen (secondary N) is 1. The van der Waals surface area contributed by atoms with E-state index in [9.17, 15) is 14.7 Å². The van der Waals surface area contributed by atoms with Crippen molar-refractivity contribution in [2.75, 3.05) is 13.1 Å². The third kappa shape index (κ3) is 3.54. The summed E-state index contributed by atoms with van der Waals surface area (Å²) in [7, 11) is 0. The number of hydrogen-bond acceptors (Lipinski definition) is 4. The summed E-state index contributed by atoms with van der Waals surface area (Å²) in [5.74, 6) is -1.08. The fourth-order valence-electron chi connectivity index (χ4n) is 2.42. The molecule has 1 aliphatic heterocycles. The van der Waals surface area contributed by atoms with Gasteiger partial charge in [-0.2, -0.15) is 0 Å². The fourth-order valence-corrected chi connectivity index (χ4v) is 3.27. The van der Waals surface area contributed by atoms with Crippen LogP contribution in [0.25, 0.3) is 0 Å². The second-order valence-corrected chi connectivity index (χ2v) is 6.86. The highest BCUT2D eigenvalue weighted by atomic mass is 32.1. The molecule has 2 heterocycles. The standard InChI is InChI=1S/C14H20N2O4S/c1-14(2,11-4-3-5-21-11)8-15-13(20)16-7-9(17)6-10(16)12(18)19/h3-5,9-10,17H,6-8H2,1-2H3,(H,15,20)(H,18,19). The molecule has 1 saturated heterocycles. The number of aliphatic hydroxyl groups is 1. The highest BCUT2D eigenvalue weighted by molar-refractivity contribution is 7.10. The molecular weight excluding hydrogens is 292 g/mol. The number of carbonyl (C=O) groups excluding carboxylic acids is 1. The van der Waals surface area contributed by atoms with Crippen molar-refractivity contribution in [1.29, 1.82) is 0 Å². The molecular formula is C14H20N2O4S. The molecule has 1 aliphatic rings. The van der Waals surface area contributed by atoms with Gasteiger partial charge in [-0.05, 0) is 11.4 Å². The summed E-state index contributed by atoms with van der Waals surface area (Å²) in [5, 5.41) is 23.4. The maximum absolute atomic E-state index is 12.2. The number of carboxylic acids is 1. The first-order valence-corrected chi connectivity index (χ1v) is 7.68. The zero-order valence-electron chi connectivity index (χ0n) is 12.1. The Morgan fingerprint density at radius 1 is 1.52 bits per heavy atom. The minimum atomic E-state index is -1.08. The summed E-state index contributed by atoms with van der Waals surface area (Å²) in [5.41, 5.74) is -0.221. The van der Waals surface area contributed by atoms with E-state index < -0.39 is 24.1 Å². The summed E-state index contributed by atoms with van der Waals surface area (Å²) in [6, 6.07) is 2.57. The van der Waals surface area contributed by atoms with Gasteiger partial charge in [0.05, 0.1) is 6.10 Å². The van der Waals surface area contributed by atoms with E-state index in [4.69, 9.17) is 5.11 Å². The van der Waals surface area contributed by atoms with Gasteiger partial charge >= 0.3 is 12.0 Å². The minimum Gasteiger partial charge on any atom is -0.480 e. The normalized spacial score (nSPS) is 22.3. The molecule has 2 amide bonds. The van der Waals surface area contributed by atoms with Gasteiger partial charge in [-0.15, -0.1) is 11.3 Å². The lowest BCUT2D eigenvalue weighted by molar-refractivity contribution is -0.141. The van der Waals surface area contributed by atoms with E-state index in [1.54, 1.807) is 11.3 Å². The number of amides is 2. The summed E-state index contributed by atoms with van der Waals surface area (Å²) < 4.78 is 0. The van der Waals surface area contributed by atoms with Crippen LogP contribution in [-0.2, 0) is 10.2 Å². The maximum atomic E-state index is 12.2. The van der Waals surface area contributed by atoms with Crippen molar-refractivity contribution in [3.63, 3.8) is 0 Å². The lowest BCUT2D eigenvalue weighted by atomic mass is 9.91. The Balaban J connectivity index is 1.97. The number of rotatable bonds is 4. The zero-order chi connectivity index (χ0) is 15.6. The van der Waals surface area contributed by atoms with E-state index in [2.05, 4.69) is 5.32 Å². The summed E-state index contributed by atoms with van der Waals surface area (Å²) in [6.07, 6.45) is -0.695. The molecule has 1 fully saturated rings. The number of aliphatic hydroxyl groups excluding tert-OH is 1. The van der Waals surface area contributed by atoms with Crippen LogP contribution in [0.5, 0.6) is 0 Å². The number of aliphatic carboxylic acids is 1. The van der Waals surface area contributed by atoms with Crippen molar-refractivity contribution < 1.29 is 19.8 Å². The molecule has 6 nitrogen and oxygen atoms in total. The topological polar surface area (TPSA) is 89.9 Å². The van der Waals surface area contributed by atoms with Crippen molar-refractivity contribution in [3.05, 3.63) is 22.4 Å². The highest BCUT2D eigenvalue weighted by Gasteiger charge is 2.39.